The second-order valence-electron chi connectivity index (χ2n) is 8.58. The molecule has 0 spiro atoms. The zero-order chi connectivity index (χ0) is 26.7. The molecule has 0 radical (unpaired) electrons. The van der Waals surface area contributed by atoms with Gasteiger partial charge in [-0.2, -0.15) is 4.31 Å². The van der Waals surface area contributed by atoms with Crippen molar-refractivity contribution in [2.24, 2.45) is 0 Å². The monoisotopic (exact) mass is 555 g/mol. The van der Waals surface area contributed by atoms with Crippen LogP contribution < -0.4 is 5.32 Å². The van der Waals surface area contributed by atoms with E-state index in [0.29, 0.717) is 30.2 Å². The topological polar surface area (TPSA) is 97.2 Å². The third-order valence-corrected chi connectivity index (χ3v) is 8.83. The van der Waals surface area contributed by atoms with Gasteiger partial charge in [0.15, 0.2) is 11.0 Å². The summed E-state index contributed by atoms with van der Waals surface area (Å²) in [5.41, 5.74) is 1.16. The number of carbonyl (C=O) groups is 1. The summed E-state index contributed by atoms with van der Waals surface area (Å²) in [4.78, 5) is 12.8. The van der Waals surface area contributed by atoms with Crippen molar-refractivity contribution in [3.8, 4) is 17.1 Å². The van der Waals surface area contributed by atoms with Crippen molar-refractivity contribution >= 4 is 33.4 Å². The van der Waals surface area contributed by atoms with Crippen LogP contribution in [-0.2, 0) is 14.8 Å². The van der Waals surface area contributed by atoms with E-state index in [1.54, 1.807) is 24.3 Å². The standard InChI is InChI=1S/C26H23F2N5O3S2/c27-19-8-13-23(22(28)16-19)33-25(18-6-2-1-3-7-18)30-31-26(33)37-17-24(34)29-20-9-11-21(12-10-20)38(35,36)32-14-4-5-15-32/h1-3,6-13,16H,4-5,14-15,17H2,(H,29,34). The van der Waals surface area contributed by atoms with Crippen LogP contribution in [-0.4, -0.2) is 52.2 Å². The Kier molecular flexibility index (Phi) is 7.54. The van der Waals surface area contributed by atoms with Crippen LogP contribution in [0.5, 0.6) is 0 Å². The number of rotatable bonds is 8. The number of anilines is 1. The fraction of sp³-hybridized carbons (Fsp3) is 0.192. The van der Waals surface area contributed by atoms with Gasteiger partial charge in [-0.15, -0.1) is 10.2 Å². The third kappa shape index (κ3) is 5.47. The van der Waals surface area contributed by atoms with Crippen molar-refractivity contribution in [1.82, 2.24) is 19.1 Å². The number of hydrogen-bond acceptors (Lipinski definition) is 6. The molecule has 0 saturated carbocycles. The minimum atomic E-state index is -3.54. The van der Waals surface area contributed by atoms with Crippen molar-refractivity contribution in [3.05, 3.63) is 84.4 Å². The first-order chi connectivity index (χ1) is 18.3. The summed E-state index contributed by atoms with van der Waals surface area (Å²) in [5.74, 6) is -1.62. The molecule has 12 heteroatoms. The lowest BCUT2D eigenvalue weighted by atomic mass is 10.2. The van der Waals surface area contributed by atoms with Gasteiger partial charge in [-0.3, -0.25) is 9.36 Å². The molecule has 1 aliphatic rings. The van der Waals surface area contributed by atoms with Gasteiger partial charge in [0.2, 0.25) is 15.9 Å². The average molecular weight is 556 g/mol. The van der Waals surface area contributed by atoms with E-state index >= 15 is 0 Å². The molecule has 1 saturated heterocycles. The number of hydrogen-bond donors (Lipinski definition) is 1. The van der Waals surface area contributed by atoms with E-state index in [0.717, 1.165) is 36.7 Å². The number of aromatic nitrogens is 3. The molecule has 8 nitrogen and oxygen atoms in total. The number of halogens is 2. The fourth-order valence-electron chi connectivity index (χ4n) is 4.13. The predicted octanol–water partition coefficient (Wildman–Crippen LogP) is 4.73. The molecule has 1 aromatic heterocycles. The highest BCUT2D eigenvalue weighted by molar-refractivity contribution is 7.99. The molecular formula is C26H23F2N5O3S2. The number of nitrogens with one attached hydrogen (secondary N) is 1. The Balaban J connectivity index is 1.32. The maximum absolute atomic E-state index is 14.7. The summed E-state index contributed by atoms with van der Waals surface area (Å²) in [6, 6.07) is 18.2. The zero-order valence-corrected chi connectivity index (χ0v) is 21.7. The molecule has 0 bridgehead atoms. The third-order valence-electron chi connectivity index (χ3n) is 5.99. The summed E-state index contributed by atoms with van der Waals surface area (Å²) in [5, 5.41) is 11.3. The molecule has 1 aliphatic heterocycles. The van der Waals surface area contributed by atoms with Gasteiger partial charge < -0.3 is 5.32 Å². The van der Waals surface area contributed by atoms with Crippen LogP contribution in [0.25, 0.3) is 17.1 Å². The summed E-state index contributed by atoms with van der Waals surface area (Å²) < 4.78 is 56.6. The SMILES string of the molecule is O=C(CSc1nnc(-c2ccccc2)n1-c1ccc(F)cc1F)Nc1ccc(S(=O)(=O)N2CCCC2)cc1. The lowest BCUT2D eigenvalue weighted by Crippen LogP contribution is -2.27. The maximum Gasteiger partial charge on any atom is 0.243 e. The van der Waals surface area contributed by atoms with Crippen molar-refractivity contribution in [2.75, 3.05) is 24.2 Å². The summed E-state index contributed by atoms with van der Waals surface area (Å²) in [7, 11) is -3.54. The van der Waals surface area contributed by atoms with E-state index in [-0.39, 0.29) is 27.4 Å². The number of amides is 1. The van der Waals surface area contributed by atoms with Crippen molar-refractivity contribution in [2.45, 2.75) is 22.9 Å². The smallest absolute Gasteiger partial charge is 0.243 e. The highest BCUT2D eigenvalue weighted by atomic mass is 32.2. The van der Waals surface area contributed by atoms with Gasteiger partial charge >= 0.3 is 0 Å². The van der Waals surface area contributed by atoms with Gasteiger partial charge in [0.25, 0.3) is 0 Å². The highest BCUT2D eigenvalue weighted by Gasteiger charge is 2.27. The quantitative estimate of drug-likeness (QED) is 0.316. The number of carbonyl (C=O) groups excluding carboxylic acids is 1. The molecule has 5 rings (SSSR count). The van der Waals surface area contributed by atoms with E-state index < -0.39 is 21.7 Å². The molecule has 0 atom stereocenters. The minimum Gasteiger partial charge on any atom is -0.325 e. The Bertz CT molecular complexity index is 1560. The second kappa shape index (κ2) is 11.0. The summed E-state index contributed by atoms with van der Waals surface area (Å²) in [6.45, 7) is 1.02. The Morgan fingerprint density at radius 3 is 2.34 bits per heavy atom. The van der Waals surface area contributed by atoms with Gasteiger partial charge in [-0.05, 0) is 49.2 Å². The Morgan fingerprint density at radius 2 is 1.66 bits per heavy atom. The molecule has 1 N–H and O–H groups in total. The predicted molar refractivity (Wildman–Crippen MR) is 140 cm³/mol. The molecule has 196 valence electrons. The van der Waals surface area contributed by atoms with Crippen LogP contribution >= 0.6 is 11.8 Å². The summed E-state index contributed by atoms with van der Waals surface area (Å²) >= 11 is 1.04. The van der Waals surface area contributed by atoms with E-state index in [2.05, 4.69) is 15.5 Å². The van der Waals surface area contributed by atoms with E-state index in [9.17, 15) is 22.0 Å². The molecule has 1 fully saturated rings. The first-order valence-corrected chi connectivity index (χ1v) is 14.2. The molecular weight excluding hydrogens is 532 g/mol. The number of thioether (sulfide) groups is 1. The summed E-state index contributed by atoms with van der Waals surface area (Å²) in [6.07, 6.45) is 1.69. The largest absolute Gasteiger partial charge is 0.325 e. The van der Waals surface area contributed by atoms with E-state index in [1.807, 2.05) is 6.07 Å². The van der Waals surface area contributed by atoms with Crippen molar-refractivity contribution < 1.29 is 22.0 Å². The molecule has 1 amide bonds. The van der Waals surface area contributed by atoms with Crippen LogP contribution in [0.2, 0.25) is 0 Å². The first kappa shape index (κ1) is 26.0. The molecule has 2 heterocycles. The zero-order valence-electron chi connectivity index (χ0n) is 20.0. The van der Waals surface area contributed by atoms with Gasteiger partial charge in [0.05, 0.1) is 16.3 Å². The van der Waals surface area contributed by atoms with Gasteiger partial charge in [0.1, 0.15) is 11.6 Å². The molecule has 38 heavy (non-hydrogen) atoms. The Labute approximate surface area is 222 Å². The number of nitrogens with zero attached hydrogens (tertiary/aromatic N) is 4. The highest BCUT2D eigenvalue weighted by Crippen LogP contribution is 2.30. The number of sulfonamides is 1. The van der Waals surface area contributed by atoms with Gasteiger partial charge in [-0.25, -0.2) is 17.2 Å². The Morgan fingerprint density at radius 1 is 0.947 bits per heavy atom. The molecule has 0 unspecified atom stereocenters. The van der Waals surface area contributed by atoms with Gasteiger partial charge in [0, 0.05) is 30.4 Å². The van der Waals surface area contributed by atoms with Gasteiger partial charge in [-0.1, -0.05) is 42.1 Å². The van der Waals surface area contributed by atoms with Crippen LogP contribution in [0.1, 0.15) is 12.8 Å². The van der Waals surface area contributed by atoms with Crippen LogP contribution in [0, 0.1) is 11.6 Å². The molecule has 0 aliphatic carbocycles. The number of benzene rings is 3. The normalized spacial score (nSPS) is 14.1. The van der Waals surface area contributed by atoms with Crippen LogP contribution in [0.3, 0.4) is 0 Å². The lowest BCUT2D eigenvalue weighted by Gasteiger charge is -2.15. The first-order valence-electron chi connectivity index (χ1n) is 11.8. The Hall–Kier alpha value is -3.61. The van der Waals surface area contributed by atoms with Crippen LogP contribution in [0.15, 0.2) is 82.8 Å². The lowest BCUT2D eigenvalue weighted by molar-refractivity contribution is -0.113. The fourth-order valence-corrected chi connectivity index (χ4v) is 6.39. The maximum atomic E-state index is 14.7. The molecule has 3 aromatic carbocycles. The molecule has 4 aromatic rings. The van der Waals surface area contributed by atoms with Crippen molar-refractivity contribution in [3.63, 3.8) is 0 Å². The van der Waals surface area contributed by atoms with E-state index in [4.69, 9.17) is 0 Å². The van der Waals surface area contributed by atoms with Crippen molar-refractivity contribution in [1.29, 1.82) is 0 Å². The van der Waals surface area contributed by atoms with E-state index in [1.165, 1.54) is 39.2 Å². The minimum absolute atomic E-state index is 0.0490. The average Bonchev–Trinajstić information content (AvgIpc) is 3.60. The van der Waals surface area contributed by atoms with Crippen LogP contribution in [0.4, 0.5) is 14.5 Å². The second-order valence-corrected chi connectivity index (χ2v) is 11.5.